The second-order valence-corrected chi connectivity index (χ2v) is 0. The van der Waals surface area contributed by atoms with Gasteiger partial charge in [-0.2, -0.15) is 0 Å². The molecule has 0 spiro atoms. The summed E-state index contributed by atoms with van der Waals surface area (Å²) in [5, 5.41) is 0. The van der Waals surface area contributed by atoms with E-state index in [-0.39, 0.29) is 87.3 Å². The first-order chi connectivity index (χ1) is 1.00. The number of rotatable bonds is 0. The van der Waals surface area contributed by atoms with E-state index in [4.69, 9.17) is 3.83 Å². The molecule has 0 aromatic carbocycles. The van der Waals surface area contributed by atoms with Crippen LogP contribution in [0.1, 0.15) is 2.85 Å². The molecule has 0 N–H and O–H groups in total. The van der Waals surface area contributed by atoms with Crippen molar-refractivity contribution >= 4 is 48.9 Å². The third-order valence-electron chi connectivity index (χ3n) is 0. The van der Waals surface area contributed by atoms with E-state index in [0.717, 1.165) is 0 Å². The van der Waals surface area contributed by atoms with Gasteiger partial charge in [0.2, 0.25) is 0 Å². The summed E-state index contributed by atoms with van der Waals surface area (Å²) in [5.41, 5.74) is 0. The van der Waals surface area contributed by atoms with Gasteiger partial charge in [0.25, 0.3) is 0 Å². The summed E-state index contributed by atoms with van der Waals surface area (Å²) < 4.78 is 7.81. The van der Waals surface area contributed by atoms with Crippen molar-refractivity contribution in [3.8, 4) is 0 Å². The van der Waals surface area contributed by atoms with Crippen molar-refractivity contribution in [3.63, 3.8) is 0 Å². The standard InChI is InChI=1S/Ba.Cu.La.O.2H/q+2;;;;2*-1. The Balaban J connectivity index is -0.000000000833. The zero-order valence-corrected chi connectivity index (χ0v) is 11.0. The molecule has 0 fully saturated rings. The monoisotopic (exact) mass is 358 g/mol. The van der Waals surface area contributed by atoms with E-state index in [9.17, 15) is 0 Å². The van der Waals surface area contributed by atoms with Crippen LogP contribution < -0.4 is 0 Å². The Hall–Kier alpha value is 3.09. The van der Waals surface area contributed by atoms with Gasteiger partial charge in [-0.3, -0.25) is 0 Å². The van der Waals surface area contributed by atoms with Gasteiger partial charge in [0, 0.05) is 35.6 Å². The van der Waals surface area contributed by atoms with Gasteiger partial charge in [-0.25, -0.2) is 0 Å². The zero-order valence-electron chi connectivity index (χ0n) is 3.99. The average molecular weight is 358 g/mol. The van der Waals surface area contributed by atoms with Crippen LogP contribution in [-0.2, 0) is 19.8 Å². The van der Waals surface area contributed by atoms with E-state index in [1.807, 2.05) is 0 Å². The first-order valence-corrected chi connectivity index (χ1v) is 0.508. The fourth-order valence-corrected chi connectivity index (χ4v) is 0. The average Bonchev–Trinajstić information content (AvgIpc) is 1.00. The van der Waals surface area contributed by atoms with Crippen molar-refractivity contribution in [1.82, 2.24) is 0 Å². The Morgan fingerprint density at radius 3 is 1.50 bits per heavy atom. The summed E-state index contributed by atoms with van der Waals surface area (Å²) in [6.07, 6.45) is 0. The molecule has 1 nitrogen and oxygen atoms in total. The van der Waals surface area contributed by atoms with Crippen LogP contribution >= 0.6 is 0 Å². The van der Waals surface area contributed by atoms with E-state index < -0.39 is 0 Å². The second kappa shape index (κ2) is 16.5. The summed E-state index contributed by atoms with van der Waals surface area (Å²) in [7, 11) is 0. The molecule has 0 unspecified atom stereocenters. The maximum atomic E-state index is 7.81. The van der Waals surface area contributed by atoms with E-state index in [2.05, 4.69) is 15.9 Å². The molecule has 0 aliphatic carbocycles. The third-order valence-corrected chi connectivity index (χ3v) is 0. The Morgan fingerprint density at radius 1 is 1.50 bits per heavy atom. The van der Waals surface area contributed by atoms with E-state index >= 15 is 0 Å². The van der Waals surface area contributed by atoms with Gasteiger partial charge in [0.15, 0.2) is 0 Å². The molecule has 0 aliphatic heterocycles. The van der Waals surface area contributed by atoms with Crippen LogP contribution in [0, 0.1) is 35.6 Å². The van der Waals surface area contributed by atoms with Crippen LogP contribution in [0.15, 0.2) is 0 Å². The van der Waals surface area contributed by atoms with Crippen LogP contribution in [0.5, 0.6) is 0 Å². The summed E-state index contributed by atoms with van der Waals surface area (Å²) in [4.78, 5) is 0. The van der Waals surface area contributed by atoms with Crippen LogP contribution in [0.2, 0.25) is 0 Å². The molecule has 4 heavy (non-hydrogen) atoms. The molecule has 0 bridgehead atoms. The molecular weight excluding hydrogens is 356 g/mol. The Labute approximate surface area is 104 Å². The van der Waals surface area contributed by atoms with Crippen molar-refractivity contribution in [3.05, 3.63) is 0 Å². The normalized spacial score (nSPS) is 1.50. The molecule has 0 rings (SSSR count). The minimum absolute atomic E-state index is 0. The first kappa shape index (κ1) is 15.7. The van der Waals surface area contributed by atoms with Crippen molar-refractivity contribution in [2.24, 2.45) is 0 Å². The molecule has 24 valence electrons. The van der Waals surface area contributed by atoms with E-state index in [1.165, 1.54) is 0 Å². The maximum absolute atomic E-state index is 7.81. The third kappa shape index (κ3) is 8.92. The van der Waals surface area contributed by atoms with Crippen LogP contribution in [0.3, 0.4) is 0 Å². The number of hydrogen-bond donors (Lipinski definition) is 0. The Kier molecular flexibility index (Phi) is 65.0. The molecule has 0 amide bonds. The molecule has 0 aromatic rings. The molecular formula is H2BaCuLaO. The SMILES string of the molecule is [Ba+2].[H-].[H-].[La].[O]=[Cu]. The van der Waals surface area contributed by atoms with E-state index in [0.29, 0.717) is 0 Å². The van der Waals surface area contributed by atoms with Gasteiger partial charge in [0.1, 0.15) is 0 Å². The predicted molar refractivity (Wildman–Crippen MR) is 8.66 cm³/mol. The molecule has 0 saturated heterocycles. The van der Waals surface area contributed by atoms with Gasteiger partial charge >= 0.3 is 68.7 Å². The fraction of sp³-hybridized carbons (Fsp3) is 0. The zero-order chi connectivity index (χ0) is 2.00. The first-order valence-electron chi connectivity index (χ1n) is 0.123. The van der Waals surface area contributed by atoms with Crippen molar-refractivity contribution < 1.29 is 58.2 Å². The molecule has 0 aromatic heterocycles. The second-order valence-electron chi connectivity index (χ2n) is 0. The fourth-order valence-electron chi connectivity index (χ4n) is 0. The summed E-state index contributed by atoms with van der Waals surface area (Å²) in [6, 6.07) is 0. The summed E-state index contributed by atoms with van der Waals surface area (Å²) in [6.45, 7) is 0. The molecule has 0 heterocycles. The van der Waals surface area contributed by atoms with Crippen molar-refractivity contribution in [1.29, 1.82) is 0 Å². The minimum atomic E-state index is 0. The molecule has 1 radical (unpaired) electrons. The van der Waals surface area contributed by atoms with Crippen LogP contribution in [0.25, 0.3) is 0 Å². The van der Waals surface area contributed by atoms with Gasteiger partial charge in [0.05, 0.1) is 0 Å². The topological polar surface area (TPSA) is 17.1 Å². The Bertz CT molecular complexity index is 13.5. The number of hydrogen-bond acceptors (Lipinski definition) is 1. The Morgan fingerprint density at radius 2 is 1.50 bits per heavy atom. The van der Waals surface area contributed by atoms with Gasteiger partial charge in [-0.15, -0.1) is 0 Å². The molecule has 0 aliphatic rings. The van der Waals surface area contributed by atoms with Gasteiger partial charge in [-0.05, 0) is 0 Å². The summed E-state index contributed by atoms with van der Waals surface area (Å²) >= 11 is 2.94. The van der Waals surface area contributed by atoms with Gasteiger partial charge in [-0.1, -0.05) is 0 Å². The molecule has 4 heteroatoms. The van der Waals surface area contributed by atoms with Crippen LogP contribution in [-0.4, -0.2) is 48.9 Å². The van der Waals surface area contributed by atoms with Crippen molar-refractivity contribution in [2.45, 2.75) is 0 Å². The van der Waals surface area contributed by atoms with E-state index in [1.54, 1.807) is 0 Å². The summed E-state index contributed by atoms with van der Waals surface area (Å²) in [5.74, 6) is 0. The van der Waals surface area contributed by atoms with Gasteiger partial charge < -0.3 is 2.85 Å². The van der Waals surface area contributed by atoms with Crippen molar-refractivity contribution in [2.75, 3.05) is 0 Å². The molecule has 0 saturated carbocycles. The predicted octanol–water partition coefficient (Wildman–Crippen LogP) is -0.277. The quantitative estimate of drug-likeness (QED) is 0.545. The van der Waals surface area contributed by atoms with Crippen LogP contribution in [0.4, 0.5) is 0 Å². The molecule has 0 atom stereocenters.